The lowest BCUT2D eigenvalue weighted by molar-refractivity contribution is -0.163. The summed E-state index contributed by atoms with van der Waals surface area (Å²) in [4.78, 5) is 14.8. The van der Waals surface area contributed by atoms with Crippen LogP contribution in [0.5, 0.6) is 11.5 Å². The highest BCUT2D eigenvalue weighted by Crippen LogP contribution is 2.50. The molecule has 1 fully saturated rings. The van der Waals surface area contributed by atoms with Gasteiger partial charge in [-0.2, -0.15) is 0 Å². The number of halogens is 1. The van der Waals surface area contributed by atoms with Gasteiger partial charge in [0.2, 0.25) is 0 Å². The maximum Gasteiger partial charge on any atom is 0.307 e. The van der Waals surface area contributed by atoms with E-state index in [9.17, 15) is 4.79 Å². The minimum atomic E-state index is -0.237. The first-order chi connectivity index (χ1) is 14.3. The van der Waals surface area contributed by atoms with E-state index in [1.54, 1.807) is 0 Å². The molecule has 30 heavy (non-hydrogen) atoms. The van der Waals surface area contributed by atoms with Crippen LogP contribution in [-0.4, -0.2) is 30.2 Å². The summed E-state index contributed by atoms with van der Waals surface area (Å²) in [5, 5.41) is 0.712. The van der Waals surface area contributed by atoms with Crippen LogP contribution >= 0.6 is 11.6 Å². The molecule has 0 saturated carbocycles. The predicted octanol–water partition coefficient (Wildman–Crippen LogP) is 6.20. The van der Waals surface area contributed by atoms with E-state index in [1.165, 1.54) is 5.56 Å². The maximum absolute atomic E-state index is 12.4. The Kier molecular flexibility index (Phi) is 6.08. The van der Waals surface area contributed by atoms with E-state index < -0.39 is 0 Å². The quantitative estimate of drug-likeness (QED) is 0.532. The van der Waals surface area contributed by atoms with Crippen molar-refractivity contribution < 1.29 is 14.3 Å². The van der Waals surface area contributed by atoms with E-state index in [0.29, 0.717) is 11.4 Å². The summed E-state index contributed by atoms with van der Waals surface area (Å²) in [6.07, 6.45) is 0.206. The summed E-state index contributed by atoms with van der Waals surface area (Å²) in [7, 11) is 0. The first-order valence-electron chi connectivity index (χ1n) is 10.8. The fourth-order valence-electron chi connectivity index (χ4n) is 4.72. The third kappa shape index (κ3) is 4.21. The molecule has 1 saturated heterocycles. The molecule has 3 unspecified atom stereocenters. The van der Waals surface area contributed by atoms with Crippen LogP contribution in [0.25, 0.3) is 0 Å². The molecule has 0 spiro atoms. The van der Waals surface area contributed by atoms with Crippen molar-refractivity contribution in [1.82, 2.24) is 4.90 Å². The Morgan fingerprint density at radius 2 is 1.73 bits per heavy atom. The number of hydrogen-bond acceptors (Lipinski definition) is 4. The van der Waals surface area contributed by atoms with Crippen LogP contribution in [0.4, 0.5) is 0 Å². The largest absolute Gasteiger partial charge is 0.457 e. The SMILES string of the molecule is CC(C)CC(=O)OC(C(C)C)N1CC2c3ccccc3Oc3ccc(Cl)cc3C2C1. The molecule has 2 heterocycles. The fourth-order valence-corrected chi connectivity index (χ4v) is 4.90. The third-order valence-electron chi connectivity index (χ3n) is 6.02. The van der Waals surface area contributed by atoms with Crippen LogP contribution in [0.15, 0.2) is 42.5 Å². The first-order valence-corrected chi connectivity index (χ1v) is 11.2. The van der Waals surface area contributed by atoms with E-state index >= 15 is 0 Å². The van der Waals surface area contributed by atoms with Gasteiger partial charge in [-0.05, 0) is 35.7 Å². The van der Waals surface area contributed by atoms with Gasteiger partial charge >= 0.3 is 5.97 Å². The second-order valence-corrected chi connectivity index (χ2v) is 9.65. The first kappa shape index (κ1) is 21.2. The number of likely N-dealkylation sites (tertiary alicyclic amines) is 1. The Morgan fingerprint density at radius 3 is 2.43 bits per heavy atom. The van der Waals surface area contributed by atoms with Crippen LogP contribution < -0.4 is 4.74 Å². The average molecular weight is 428 g/mol. The number of carbonyl (C=O) groups is 1. The van der Waals surface area contributed by atoms with Gasteiger partial charge in [0.05, 0.1) is 0 Å². The standard InChI is InChI=1S/C25H30ClNO3/c1-15(2)11-24(28)30-25(16(3)4)27-13-20-18-7-5-6-8-22(18)29-23-10-9-17(26)12-19(23)21(20)14-27/h5-10,12,15-16,20-21,25H,11,13-14H2,1-4H3. The van der Waals surface area contributed by atoms with Gasteiger partial charge in [-0.3, -0.25) is 9.69 Å². The van der Waals surface area contributed by atoms with Crippen molar-refractivity contribution in [2.45, 2.75) is 52.2 Å². The van der Waals surface area contributed by atoms with E-state index in [2.05, 4.69) is 30.9 Å². The topological polar surface area (TPSA) is 38.8 Å². The molecule has 2 aromatic carbocycles. The monoisotopic (exact) mass is 427 g/mol. The van der Waals surface area contributed by atoms with Crippen molar-refractivity contribution in [3.63, 3.8) is 0 Å². The molecule has 0 aromatic heterocycles. The summed E-state index contributed by atoms with van der Waals surface area (Å²) in [5.41, 5.74) is 2.33. The number of fused-ring (bicyclic) bond motifs is 5. The van der Waals surface area contributed by atoms with Crippen molar-refractivity contribution in [2.24, 2.45) is 11.8 Å². The Labute approximate surface area is 184 Å². The third-order valence-corrected chi connectivity index (χ3v) is 6.25. The van der Waals surface area contributed by atoms with Gasteiger partial charge in [-0.15, -0.1) is 0 Å². The lowest BCUT2D eigenvalue weighted by Gasteiger charge is -2.31. The van der Waals surface area contributed by atoms with Gasteiger partial charge in [0.15, 0.2) is 6.23 Å². The highest BCUT2D eigenvalue weighted by molar-refractivity contribution is 6.30. The van der Waals surface area contributed by atoms with Crippen LogP contribution in [0, 0.1) is 11.8 Å². The molecule has 2 aliphatic heterocycles. The molecular formula is C25H30ClNO3. The molecule has 2 aliphatic rings. The molecule has 0 bridgehead atoms. The lowest BCUT2D eigenvalue weighted by atomic mass is 9.84. The number of carbonyl (C=O) groups excluding carboxylic acids is 1. The molecule has 160 valence electrons. The summed E-state index contributed by atoms with van der Waals surface area (Å²) in [5.74, 6) is 2.61. The Morgan fingerprint density at radius 1 is 1.07 bits per heavy atom. The zero-order chi connectivity index (χ0) is 21.4. The minimum absolute atomic E-state index is 0.122. The summed E-state index contributed by atoms with van der Waals surface area (Å²) in [6.45, 7) is 9.92. The van der Waals surface area contributed by atoms with Crippen molar-refractivity contribution in [3.05, 3.63) is 58.6 Å². The van der Waals surface area contributed by atoms with Crippen LogP contribution in [0.2, 0.25) is 5.02 Å². The Bertz CT molecular complexity index is 926. The van der Waals surface area contributed by atoms with E-state index in [1.807, 2.05) is 44.2 Å². The number of rotatable bonds is 5. The van der Waals surface area contributed by atoms with Crippen LogP contribution in [0.3, 0.4) is 0 Å². The predicted molar refractivity (Wildman–Crippen MR) is 119 cm³/mol. The van der Waals surface area contributed by atoms with Gasteiger partial charge in [0.1, 0.15) is 11.5 Å². The van der Waals surface area contributed by atoms with Crippen molar-refractivity contribution >= 4 is 17.6 Å². The lowest BCUT2D eigenvalue weighted by Crippen LogP contribution is -2.41. The van der Waals surface area contributed by atoms with E-state index in [-0.39, 0.29) is 35.9 Å². The summed E-state index contributed by atoms with van der Waals surface area (Å²) < 4.78 is 12.3. The van der Waals surface area contributed by atoms with Crippen molar-refractivity contribution in [3.8, 4) is 11.5 Å². The molecule has 5 heteroatoms. The second-order valence-electron chi connectivity index (χ2n) is 9.21. The molecule has 2 aromatic rings. The van der Waals surface area contributed by atoms with Gasteiger partial charge in [-0.25, -0.2) is 0 Å². The Hall–Kier alpha value is -2.04. The van der Waals surface area contributed by atoms with Crippen molar-refractivity contribution in [2.75, 3.05) is 13.1 Å². The number of hydrogen-bond donors (Lipinski definition) is 0. The second kappa shape index (κ2) is 8.60. The molecular weight excluding hydrogens is 398 g/mol. The van der Waals surface area contributed by atoms with Gasteiger partial charge in [-0.1, -0.05) is 57.5 Å². The zero-order valence-corrected chi connectivity index (χ0v) is 18.9. The summed E-state index contributed by atoms with van der Waals surface area (Å²) in [6, 6.07) is 14.1. The highest BCUT2D eigenvalue weighted by Gasteiger charge is 2.43. The zero-order valence-electron chi connectivity index (χ0n) is 18.1. The number of ether oxygens (including phenoxy) is 2. The maximum atomic E-state index is 12.4. The Balaban J connectivity index is 1.68. The van der Waals surface area contributed by atoms with E-state index in [4.69, 9.17) is 21.1 Å². The molecule has 4 nitrogen and oxygen atoms in total. The number of para-hydroxylation sites is 1. The van der Waals surface area contributed by atoms with Gasteiger partial charge < -0.3 is 9.47 Å². The summed E-state index contributed by atoms with van der Waals surface area (Å²) >= 11 is 6.36. The highest BCUT2D eigenvalue weighted by atomic mass is 35.5. The smallest absolute Gasteiger partial charge is 0.307 e. The van der Waals surface area contributed by atoms with Crippen LogP contribution in [-0.2, 0) is 9.53 Å². The molecule has 0 N–H and O–H groups in total. The molecule has 0 amide bonds. The number of benzene rings is 2. The normalized spacial score (nSPS) is 21.4. The van der Waals surface area contributed by atoms with Crippen molar-refractivity contribution in [1.29, 1.82) is 0 Å². The fraction of sp³-hybridized carbons (Fsp3) is 0.480. The van der Waals surface area contributed by atoms with Crippen LogP contribution in [0.1, 0.15) is 57.1 Å². The molecule has 3 atom stereocenters. The average Bonchev–Trinajstić information content (AvgIpc) is 3.07. The number of nitrogens with zero attached hydrogens (tertiary/aromatic N) is 1. The number of esters is 1. The molecule has 0 aliphatic carbocycles. The van der Waals surface area contributed by atoms with E-state index in [0.717, 1.165) is 30.2 Å². The minimum Gasteiger partial charge on any atom is -0.457 e. The molecule has 0 radical (unpaired) electrons. The molecule has 4 rings (SSSR count). The van der Waals surface area contributed by atoms with Gasteiger partial charge in [0.25, 0.3) is 0 Å². The van der Waals surface area contributed by atoms with Gasteiger partial charge in [0, 0.05) is 47.9 Å².